The number of hydrogen-bond acceptors (Lipinski definition) is 2. The van der Waals surface area contributed by atoms with Gasteiger partial charge in [0, 0.05) is 45.5 Å². The molecule has 0 aliphatic heterocycles. The van der Waals surface area contributed by atoms with Crippen molar-refractivity contribution in [3.63, 3.8) is 0 Å². The van der Waals surface area contributed by atoms with Crippen LogP contribution in [0.15, 0.2) is 24.3 Å². The summed E-state index contributed by atoms with van der Waals surface area (Å²) in [5.41, 5.74) is 10.3. The highest BCUT2D eigenvalue weighted by Crippen LogP contribution is 2.47. The lowest BCUT2D eigenvalue weighted by atomic mass is 9.75. The van der Waals surface area contributed by atoms with E-state index in [-0.39, 0.29) is 0 Å². The van der Waals surface area contributed by atoms with Crippen LogP contribution in [0.4, 0.5) is 0 Å². The molecule has 3 aromatic rings. The third-order valence-corrected chi connectivity index (χ3v) is 8.23. The fourth-order valence-electron chi connectivity index (χ4n) is 6.31. The minimum Gasteiger partial charge on any atom is -0.281 e. The maximum atomic E-state index is 4.86. The molecule has 5 rings (SSSR count). The number of rotatable bonds is 4. The Balaban J connectivity index is 1.57. The van der Waals surface area contributed by atoms with E-state index in [2.05, 4.69) is 76.0 Å². The first kappa shape index (κ1) is 21.5. The lowest BCUT2D eigenvalue weighted by molar-refractivity contribution is 0.403. The van der Waals surface area contributed by atoms with Gasteiger partial charge in [-0.25, -0.2) is 0 Å². The van der Waals surface area contributed by atoms with Crippen LogP contribution in [-0.2, 0) is 0 Å². The van der Waals surface area contributed by atoms with E-state index in [0.29, 0.717) is 35.5 Å². The molecule has 2 aliphatic carbocycles. The fourth-order valence-corrected chi connectivity index (χ4v) is 6.31. The Labute approximate surface area is 192 Å². The molecular weight excluding hydrogens is 392 g/mol. The lowest BCUT2D eigenvalue weighted by Gasteiger charge is -2.29. The number of nitrogens with one attached hydrogen (secondary N) is 2. The zero-order chi connectivity index (χ0) is 22.6. The molecule has 0 saturated carbocycles. The third-order valence-electron chi connectivity index (χ3n) is 8.23. The largest absolute Gasteiger partial charge is 0.281 e. The Morgan fingerprint density at radius 2 is 1.16 bits per heavy atom. The van der Waals surface area contributed by atoms with Crippen LogP contribution in [0.1, 0.15) is 113 Å². The first-order valence-corrected chi connectivity index (χ1v) is 12.6. The van der Waals surface area contributed by atoms with Crippen LogP contribution in [0.3, 0.4) is 0 Å². The molecule has 0 unspecified atom stereocenters. The molecule has 2 heterocycles. The van der Waals surface area contributed by atoms with Gasteiger partial charge in [0.15, 0.2) is 0 Å². The molecule has 0 saturated heterocycles. The van der Waals surface area contributed by atoms with Gasteiger partial charge in [0.1, 0.15) is 0 Å². The Bertz CT molecular complexity index is 1020. The Hall–Kier alpha value is -2.36. The fraction of sp³-hybridized carbons (Fsp3) is 0.571. The van der Waals surface area contributed by atoms with Crippen molar-refractivity contribution in [3.8, 4) is 22.5 Å². The third kappa shape index (κ3) is 3.43. The molecule has 170 valence electrons. The van der Waals surface area contributed by atoms with E-state index in [4.69, 9.17) is 10.2 Å². The van der Waals surface area contributed by atoms with Crippen LogP contribution in [-0.4, -0.2) is 20.4 Å². The SMILES string of the molecule is CC(C)[C@@H]1CC[C@@H](C)c2c(-c3cccc(-c4n[nH]c5c4[C@H](C)CC[C@H]5C(C)C)c3)n[nH]c21. The van der Waals surface area contributed by atoms with Gasteiger partial charge < -0.3 is 0 Å². The molecule has 0 bridgehead atoms. The molecule has 2 aliphatic rings. The summed E-state index contributed by atoms with van der Waals surface area (Å²) in [5, 5.41) is 16.6. The lowest BCUT2D eigenvalue weighted by Crippen LogP contribution is -2.17. The second-order valence-electron chi connectivity index (χ2n) is 11.0. The zero-order valence-corrected chi connectivity index (χ0v) is 20.5. The maximum absolute atomic E-state index is 4.86. The van der Waals surface area contributed by atoms with E-state index < -0.39 is 0 Å². The van der Waals surface area contributed by atoms with Gasteiger partial charge in [-0.1, -0.05) is 59.7 Å². The van der Waals surface area contributed by atoms with Crippen LogP contribution in [0.2, 0.25) is 0 Å². The van der Waals surface area contributed by atoms with Crippen LogP contribution in [0, 0.1) is 11.8 Å². The van der Waals surface area contributed by atoms with E-state index in [1.807, 2.05) is 0 Å². The van der Waals surface area contributed by atoms with Gasteiger partial charge in [-0.3, -0.25) is 10.2 Å². The van der Waals surface area contributed by atoms with Gasteiger partial charge in [0.25, 0.3) is 0 Å². The van der Waals surface area contributed by atoms with Gasteiger partial charge in [-0.15, -0.1) is 0 Å². The number of fused-ring (bicyclic) bond motifs is 2. The molecule has 0 fully saturated rings. The first-order chi connectivity index (χ1) is 15.4. The number of aromatic amines is 2. The summed E-state index contributed by atoms with van der Waals surface area (Å²) in [7, 11) is 0. The summed E-state index contributed by atoms with van der Waals surface area (Å²) in [6.45, 7) is 14.0. The molecule has 4 nitrogen and oxygen atoms in total. The molecule has 2 N–H and O–H groups in total. The van der Waals surface area contributed by atoms with Crippen molar-refractivity contribution in [2.75, 3.05) is 0 Å². The summed E-state index contributed by atoms with van der Waals surface area (Å²) in [4.78, 5) is 0. The predicted molar refractivity (Wildman–Crippen MR) is 132 cm³/mol. The molecule has 4 atom stereocenters. The van der Waals surface area contributed by atoms with Gasteiger partial charge in [0.05, 0.1) is 11.4 Å². The molecule has 0 spiro atoms. The van der Waals surface area contributed by atoms with Crippen molar-refractivity contribution in [2.24, 2.45) is 11.8 Å². The molecular formula is C28H38N4. The maximum Gasteiger partial charge on any atom is 0.0958 e. The monoisotopic (exact) mass is 430 g/mol. The van der Waals surface area contributed by atoms with Crippen LogP contribution >= 0.6 is 0 Å². The predicted octanol–water partition coefficient (Wildman–Crippen LogP) is 7.74. The van der Waals surface area contributed by atoms with Crippen LogP contribution in [0.5, 0.6) is 0 Å². The first-order valence-electron chi connectivity index (χ1n) is 12.6. The van der Waals surface area contributed by atoms with E-state index in [1.54, 1.807) is 0 Å². The highest BCUT2D eigenvalue weighted by Gasteiger charge is 2.33. The minimum atomic E-state index is 0.544. The molecule has 1 aromatic carbocycles. The number of aromatic nitrogens is 4. The highest BCUT2D eigenvalue weighted by molar-refractivity contribution is 5.74. The quantitative estimate of drug-likeness (QED) is 0.445. The average Bonchev–Trinajstić information content (AvgIpc) is 3.40. The van der Waals surface area contributed by atoms with Crippen molar-refractivity contribution < 1.29 is 0 Å². The number of hydrogen-bond donors (Lipinski definition) is 2. The standard InChI is InChI=1S/C28H38N4/c1-15(2)21-12-10-17(5)23-25(29-31-27(21)23)19-8-7-9-20(14-19)26-24-18(6)11-13-22(16(3)4)28(24)32-30-26/h7-9,14-18,21-22H,10-13H2,1-6H3,(H,29,31)(H,30,32)/t17-,18-,21+,22+/m1/s1. The number of benzene rings is 1. The van der Waals surface area contributed by atoms with E-state index in [9.17, 15) is 0 Å². The molecule has 0 radical (unpaired) electrons. The Kier molecular flexibility index (Phi) is 5.51. The molecule has 4 heteroatoms. The van der Waals surface area contributed by atoms with Crippen molar-refractivity contribution >= 4 is 0 Å². The zero-order valence-electron chi connectivity index (χ0n) is 20.5. The van der Waals surface area contributed by atoms with Crippen LogP contribution in [0.25, 0.3) is 22.5 Å². The highest BCUT2D eigenvalue weighted by atomic mass is 15.1. The van der Waals surface area contributed by atoms with Crippen molar-refractivity contribution in [1.29, 1.82) is 0 Å². The molecule has 0 amide bonds. The van der Waals surface area contributed by atoms with Gasteiger partial charge >= 0.3 is 0 Å². The summed E-state index contributed by atoms with van der Waals surface area (Å²) in [6.07, 6.45) is 4.98. The Morgan fingerprint density at radius 1 is 0.719 bits per heavy atom. The van der Waals surface area contributed by atoms with E-state index in [0.717, 1.165) is 11.4 Å². The minimum absolute atomic E-state index is 0.544. The smallest absolute Gasteiger partial charge is 0.0958 e. The average molecular weight is 431 g/mol. The summed E-state index contributed by atoms with van der Waals surface area (Å²) in [6, 6.07) is 8.91. The second kappa shape index (κ2) is 8.20. The summed E-state index contributed by atoms with van der Waals surface area (Å²) >= 11 is 0. The van der Waals surface area contributed by atoms with E-state index >= 15 is 0 Å². The van der Waals surface area contributed by atoms with Gasteiger partial charge in [0.2, 0.25) is 0 Å². The van der Waals surface area contributed by atoms with Crippen molar-refractivity contribution in [1.82, 2.24) is 20.4 Å². The Morgan fingerprint density at radius 3 is 1.56 bits per heavy atom. The topological polar surface area (TPSA) is 57.4 Å². The van der Waals surface area contributed by atoms with Crippen molar-refractivity contribution in [3.05, 3.63) is 46.8 Å². The number of nitrogens with zero attached hydrogens (tertiary/aromatic N) is 2. The molecule has 32 heavy (non-hydrogen) atoms. The second-order valence-corrected chi connectivity index (χ2v) is 11.0. The van der Waals surface area contributed by atoms with E-state index in [1.165, 1.54) is 59.3 Å². The normalized spacial score (nSPS) is 25.2. The van der Waals surface area contributed by atoms with Gasteiger partial charge in [-0.05, 0) is 55.4 Å². The summed E-state index contributed by atoms with van der Waals surface area (Å²) in [5.74, 6) is 3.51. The van der Waals surface area contributed by atoms with Crippen LogP contribution < -0.4 is 0 Å². The van der Waals surface area contributed by atoms with Crippen molar-refractivity contribution in [2.45, 2.75) is 90.9 Å². The van der Waals surface area contributed by atoms with Gasteiger partial charge in [-0.2, -0.15) is 10.2 Å². The number of H-pyrrole nitrogens is 2. The molecule has 2 aromatic heterocycles. The summed E-state index contributed by atoms with van der Waals surface area (Å²) < 4.78 is 0.